The molecule has 2 rings (SSSR count). The molecule has 6 heteroatoms. The van der Waals surface area contributed by atoms with Crippen LogP contribution in [0.4, 0.5) is 0 Å². The molecule has 132 valence electrons. The molecule has 0 aliphatic heterocycles. The maximum atomic E-state index is 12.2. The van der Waals surface area contributed by atoms with E-state index in [0.717, 1.165) is 10.8 Å². The van der Waals surface area contributed by atoms with Gasteiger partial charge in [0.1, 0.15) is 6.04 Å². The van der Waals surface area contributed by atoms with Crippen molar-refractivity contribution in [1.82, 2.24) is 10.6 Å². The fraction of sp³-hybridized carbons (Fsp3) is 0.316. The number of carboxylic acids is 1. The molecule has 0 radical (unpaired) electrons. The first-order valence-corrected chi connectivity index (χ1v) is 8.16. The van der Waals surface area contributed by atoms with E-state index in [-0.39, 0.29) is 18.4 Å². The molecule has 2 amide bonds. The van der Waals surface area contributed by atoms with Gasteiger partial charge in [0.15, 0.2) is 0 Å². The first-order valence-electron chi connectivity index (χ1n) is 8.16. The van der Waals surface area contributed by atoms with E-state index in [0.29, 0.717) is 12.0 Å². The summed E-state index contributed by atoms with van der Waals surface area (Å²) in [5.74, 6) is -1.85. The minimum atomic E-state index is -1.08. The average molecular weight is 342 g/mol. The number of amides is 2. The van der Waals surface area contributed by atoms with Crippen LogP contribution in [0.3, 0.4) is 0 Å². The molecule has 0 spiro atoms. The van der Waals surface area contributed by atoms with Crippen LogP contribution < -0.4 is 10.6 Å². The Morgan fingerprint density at radius 1 is 1.04 bits per heavy atom. The van der Waals surface area contributed by atoms with Crippen molar-refractivity contribution in [1.29, 1.82) is 0 Å². The van der Waals surface area contributed by atoms with E-state index < -0.39 is 17.9 Å². The Morgan fingerprint density at radius 3 is 2.36 bits per heavy atom. The number of carbonyl (C=O) groups excluding carboxylic acids is 2. The molecule has 3 N–H and O–H groups in total. The van der Waals surface area contributed by atoms with Gasteiger partial charge in [0, 0.05) is 5.56 Å². The lowest BCUT2D eigenvalue weighted by molar-refractivity contribution is -0.142. The molecule has 0 saturated carbocycles. The summed E-state index contributed by atoms with van der Waals surface area (Å²) in [5, 5.41) is 16.0. The average Bonchev–Trinajstić information content (AvgIpc) is 2.58. The third kappa shape index (κ3) is 5.31. The Morgan fingerprint density at radius 2 is 1.72 bits per heavy atom. The number of hydrogen-bond acceptors (Lipinski definition) is 3. The highest BCUT2D eigenvalue weighted by Gasteiger charge is 2.21. The van der Waals surface area contributed by atoms with Gasteiger partial charge in [0.25, 0.3) is 5.91 Å². The van der Waals surface area contributed by atoms with Crippen molar-refractivity contribution in [2.45, 2.75) is 26.3 Å². The van der Waals surface area contributed by atoms with Gasteiger partial charge < -0.3 is 15.7 Å². The number of hydrogen-bond donors (Lipinski definition) is 3. The zero-order valence-corrected chi connectivity index (χ0v) is 14.3. The minimum Gasteiger partial charge on any atom is -0.480 e. The minimum absolute atomic E-state index is 0.133. The molecule has 25 heavy (non-hydrogen) atoms. The van der Waals surface area contributed by atoms with Gasteiger partial charge in [-0.1, -0.05) is 44.2 Å². The third-order valence-corrected chi connectivity index (χ3v) is 3.76. The maximum Gasteiger partial charge on any atom is 0.326 e. The largest absolute Gasteiger partial charge is 0.480 e. The Hall–Kier alpha value is -2.89. The fourth-order valence-electron chi connectivity index (χ4n) is 2.53. The molecule has 2 aromatic rings. The van der Waals surface area contributed by atoms with Crippen LogP contribution in [0.25, 0.3) is 10.8 Å². The van der Waals surface area contributed by atoms with Crippen molar-refractivity contribution in [3.05, 3.63) is 48.0 Å². The van der Waals surface area contributed by atoms with Crippen molar-refractivity contribution < 1.29 is 19.5 Å². The summed E-state index contributed by atoms with van der Waals surface area (Å²) in [6.07, 6.45) is 0.333. The SMILES string of the molecule is CC(C)C[C@H](NC(=O)CNC(=O)c1ccc2ccccc2c1)C(=O)O. The fourth-order valence-corrected chi connectivity index (χ4v) is 2.53. The van der Waals surface area contributed by atoms with Gasteiger partial charge in [-0.05, 0) is 35.2 Å². The topological polar surface area (TPSA) is 95.5 Å². The van der Waals surface area contributed by atoms with E-state index in [2.05, 4.69) is 10.6 Å². The Labute approximate surface area is 146 Å². The molecule has 0 bridgehead atoms. The second-order valence-corrected chi connectivity index (χ2v) is 6.33. The summed E-state index contributed by atoms with van der Waals surface area (Å²) in [7, 11) is 0. The van der Waals surface area contributed by atoms with Gasteiger partial charge in [0.05, 0.1) is 6.54 Å². The smallest absolute Gasteiger partial charge is 0.326 e. The first kappa shape index (κ1) is 18.4. The number of fused-ring (bicyclic) bond motifs is 1. The number of carboxylic acid groups (broad SMARTS) is 1. The zero-order valence-electron chi connectivity index (χ0n) is 14.3. The Bertz CT molecular complexity index is 786. The molecule has 1 atom stereocenters. The molecule has 0 saturated heterocycles. The number of carbonyl (C=O) groups is 3. The highest BCUT2D eigenvalue weighted by Crippen LogP contribution is 2.15. The number of nitrogens with one attached hydrogen (secondary N) is 2. The highest BCUT2D eigenvalue weighted by atomic mass is 16.4. The second kappa shape index (κ2) is 8.28. The lowest BCUT2D eigenvalue weighted by Gasteiger charge is -2.16. The molecular formula is C19H22N2O4. The Kier molecular flexibility index (Phi) is 6.11. The highest BCUT2D eigenvalue weighted by molar-refractivity contribution is 6.00. The molecule has 6 nitrogen and oxygen atoms in total. The van der Waals surface area contributed by atoms with Crippen LogP contribution in [-0.4, -0.2) is 35.5 Å². The number of rotatable bonds is 7. The summed E-state index contributed by atoms with van der Waals surface area (Å²) in [5.41, 5.74) is 0.448. The summed E-state index contributed by atoms with van der Waals surface area (Å²) in [6, 6.07) is 12.0. The van der Waals surface area contributed by atoms with Crippen LogP contribution in [0, 0.1) is 5.92 Å². The summed E-state index contributed by atoms with van der Waals surface area (Å²) in [6.45, 7) is 3.49. The number of benzene rings is 2. The van der Waals surface area contributed by atoms with Gasteiger partial charge in [-0.15, -0.1) is 0 Å². The van der Waals surface area contributed by atoms with E-state index in [1.165, 1.54) is 0 Å². The van der Waals surface area contributed by atoms with Crippen molar-refractivity contribution >= 4 is 28.6 Å². The molecule has 0 aromatic heterocycles. The van der Waals surface area contributed by atoms with Crippen LogP contribution in [0.15, 0.2) is 42.5 Å². The first-order chi connectivity index (χ1) is 11.9. The molecule has 2 aromatic carbocycles. The lowest BCUT2D eigenvalue weighted by Crippen LogP contribution is -2.46. The molecule has 0 aliphatic rings. The predicted molar refractivity (Wildman–Crippen MR) is 95.3 cm³/mol. The van der Waals surface area contributed by atoms with E-state index in [1.54, 1.807) is 12.1 Å². The van der Waals surface area contributed by atoms with Crippen LogP contribution in [-0.2, 0) is 9.59 Å². The van der Waals surface area contributed by atoms with Crippen molar-refractivity contribution in [2.75, 3.05) is 6.54 Å². The summed E-state index contributed by atoms with van der Waals surface area (Å²) < 4.78 is 0. The van der Waals surface area contributed by atoms with Crippen LogP contribution in [0.1, 0.15) is 30.6 Å². The normalized spacial score (nSPS) is 12.0. The molecule has 0 heterocycles. The summed E-state index contributed by atoms with van der Waals surface area (Å²) >= 11 is 0. The second-order valence-electron chi connectivity index (χ2n) is 6.33. The lowest BCUT2D eigenvalue weighted by atomic mass is 10.0. The van der Waals surface area contributed by atoms with Crippen LogP contribution in [0.5, 0.6) is 0 Å². The monoisotopic (exact) mass is 342 g/mol. The predicted octanol–water partition coefficient (Wildman–Crippen LogP) is 2.19. The van der Waals surface area contributed by atoms with Crippen molar-refractivity contribution in [2.24, 2.45) is 5.92 Å². The Balaban J connectivity index is 1.93. The number of aliphatic carboxylic acids is 1. The maximum absolute atomic E-state index is 12.2. The van der Waals surface area contributed by atoms with Gasteiger partial charge in [0.2, 0.25) is 5.91 Å². The van der Waals surface area contributed by atoms with Gasteiger partial charge in [-0.3, -0.25) is 9.59 Å². The zero-order chi connectivity index (χ0) is 18.4. The quantitative estimate of drug-likeness (QED) is 0.719. The van der Waals surface area contributed by atoms with Crippen LogP contribution in [0.2, 0.25) is 0 Å². The third-order valence-electron chi connectivity index (χ3n) is 3.76. The van der Waals surface area contributed by atoms with E-state index in [4.69, 9.17) is 5.11 Å². The summed E-state index contributed by atoms with van der Waals surface area (Å²) in [4.78, 5) is 35.2. The van der Waals surface area contributed by atoms with Crippen molar-refractivity contribution in [3.63, 3.8) is 0 Å². The van der Waals surface area contributed by atoms with E-state index in [1.807, 2.05) is 44.2 Å². The van der Waals surface area contributed by atoms with Gasteiger partial charge in [-0.25, -0.2) is 4.79 Å². The van der Waals surface area contributed by atoms with E-state index >= 15 is 0 Å². The molecular weight excluding hydrogens is 320 g/mol. The molecule has 0 fully saturated rings. The molecule has 0 aliphatic carbocycles. The van der Waals surface area contributed by atoms with Gasteiger partial charge in [-0.2, -0.15) is 0 Å². The molecule has 0 unspecified atom stereocenters. The van der Waals surface area contributed by atoms with Crippen LogP contribution >= 0.6 is 0 Å². The van der Waals surface area contributed by atoms with Gasteiger partial charge >= 0.3 is 5.97 Å². The van der Waals surface area contributed by atoms with Crippen molar-refractivity contribution in [3.8, 4) is 0 Å². The van der Waals surface area contributed by atoms with E-state index in [9.17, 15) is 14.4 Å². The standard InChI is InChI=1S/C19H22N2O4/c1-12(2)9-16(19(24)25)21-17(22)11-20-18(23)15-8-7-13-5-3-4-6-14(13)10-15/h3-8,10,12,16H,9,11H2,1-2H3,(H,20,23)(H,21,22)(H,24,25)/t16-/m0/s1.